The van der Waals surface area contributed by atoms with E-state index in [1.165, 1.54) is 0 Å². The van der Waals surface area contributed by atoms with E-state index < -0.39 is 25.3 Å². The monoisotopic (exact) mass is 217 g/mol. The molecule has 14 heavy (non-hydrogen) atoms. The maximum absolute atomic E-state index is 11.2. The normalized spacial score (nSPS) is 13.1. The lowest BCUT2D eigenvalue weighted by Gasteiger charge is -2.17. The number of nitro groups is 1. The summed E-state index contributed by atoms with van der Waals surface area (Å²) in [5.74, 6) is -0.522. The Morgan fingerprint density at radius 1 is 1.64 bits per heavy atom. The zero-order valence-corrected chi connectivity index (χ0v) is 9.65. The Hall–Kier alpha value is -1.17. The highest BCUT2D eigenvalue weighted by atomic mass is 28.4. The molecule has 0 N–H and O–H groups in total. The smallest absolute Gasteiger partial charge is 0.299 e. The first-order chi connectivity index (χ1) is 6.26. The van der Waals surface area contributed by atoms with E-state index in [1.54, 1.807) is 0 Å². The molecule has 80 valence electrons. The first-order valence-corrected chi connectivity index (χ1v) is 7.65. The highest BCUT2D eigenvalue weighted by Crippen LogP contribution is 2.07. The summed E-state index contributed by atoms with van der Waals surface area (Å²) < 4.78 is 5.07. The molecule has 0 saturated heterocycles. The van der Waals surface area contributed by atoms with E-state index in [-0.39, 0.29) is 6.42 Å². The van der Waals surface area contributed by atoms with Gasteiger partial charge in [0.05, 0.1) is 0 Å². The van der Waals surface area contributed by atoms with Gasteiger partial charge in [-0.1, -0.05) is 6.58 Å². The number of hydrogen-bond donors (Lipinski definition) is 0. The van der Waals surface area contributed by atoms with Crippen molar-refractivity contribution in [3.63, 3.8) is 0 Å². The van der Waals surface area contributed by atoms with E-state index in [0.717, 1.165) is 6.08 Å². The summed E-state index contributed by atoms with van der Waals surface area (Å²) in [5, 5.41) is 10.4. The summed E-state index contributed by atoms with van der Waals surface area (Å²) in [6, 6.07) is -1.04. The van der Waals surface area contributed by atoms with Gasteiger partial charge in [-0.2, -0.15) is 0 Å². The zero-order chi connectivity index (χ0) is 11.4. The first-order valence-electron chi connectivity index (χ1n) is 4.24. The minimum atomic E-state index is -1.94. The number of rotatable bonds is 5. The summed E-state index contributed by atoms with van der Waals surface area (Å²) >= 11 is 0. The van der Waals surface area contributed by atoms with Gasteiger partial charge in [0.2, 0.25) is 14.4 Å². The van der Waals surface area contributed by atoms with Crippen molar-refractivity contribution < 1.29 is 14.1 Å². The van der Waals surface area contributed by atoms with Crippen molar-refractivity contribution >= 4 is 14.3 Å². The highest BCUT2D eigenvalue weighted by Gasteiger charge is 2.25. The van der Waals surface area contributed by atoms with E-state index >= 15 is 0 Å². The van der Waals surface area contributed by atoms with Gasteiger partial charge in [0.25, 0.3) is 5.97 Å². The lowest BCUT2D eigenvalue weighted by atomic mass is 10.2. The maximum Gasteiger partial charge on any atom is 0.299 e. The van der Waals surface area contributed by atoms with Crippen molar-refractivity contribution in [2.45, 2.75) is 32.1 Å². The summed E-state index contributed by atoms with van der Waals surface area (Å²) in [6.07, 6.45) is 0.909. The Kier molecular flexibility index (Phi) is 4.49. The fourth-order valence-corrected chi connectivity index (χ4v) is 1.56. The Bertz CT molecular complexity index is 246. The van der Waals surface area contributed by atoms with Crippen LogP contribution in [-0.2, 0) is 9.22 Å². The van der Waals surface area contributed by atoms with Crippen molar-refractivity contribution in [1.29, 1.82) is 0 Å². The van der Waals surface area contributed by atoms with Crippen LogP contribution in [0.25, 0.3) is 0 Å². The second-order valence-corrected chi connectivity index (χ2v) is 8.31. The molecule has 0 saturated carbocycles. The molecule has 0 rings (SSSR count). The second kappa shape index (κ2) is 4.90. The minimum absolute atomic E-state index is 0.235. The van der Waals surface area contributed by atoms with Crippen molar-refractivity contribution in [1.82, 2.24) is 0 Å². The summed E-state index contributed by atoms with van der Waals surface area (Å²) in [4.78, 5) is 21.0. The van der Waals surface area contributed by atoms with Crippen molar-refractivity contribution in [3.8, 4) is 0 Å². The van der Waals surface area contributed by atoms with Crippen molar-refractivity contribution in [2.75, 3.05) is 0 Å². The summed E-state index contributed by atoms with van der Waals surface area (Å²) in [7, 11) is -1.94. The Balaban J connectivity index is 4.18. The molecule has 0 fully saturated rings. The van der Waals surface area contributed by atoms with E-state index in [0.29, 0.717) is 0 Å². The molecule has 0 spiro atoms. The zero-order valence-electron chi connectivity index (χ0n) is 8.65. The van der Waals surface area contributed by atoms with Gasteiger partial charge in [-0.05, 0) is 25.7 Å². The molecule has 1 unspecified atom stereocenters. The van der Waals surface area contributed by atoms with Crippen LogP contribution in [0.5, 0.6) is 0 Å². The van der Waals surface area contributed by atoms with Crippen molar-refractivity contribution in [2.24, 2.45) is 0 Å². The van der Waals surface area contributed by atoms with Crippen LogP contribution >= 0.6 is 0 Å². The minimum Gasteiger partial charge on any atom is -0.520 e. The summed E-state index contributed by atoms with van der Waals surface area (Å²) in [6.45, 7) is 8.84. The van der Waals surface area contributed by atoms with Gasteiger partial charge in [-0.25, -0.2) is 0 Å². The van der Waals surface area contributed by atoms with Crippen LogP contribution in [0, 0.1) is 10.1 Å². The summed E-state index contributed by atoms with van der Waals surface area (Å²) in [5.41, 5.74) is 0. The number of carbonyl (C=O) groups is 1. The van der Waals surface area contributed by atoms with E-state index in [2.05, 4.69) is 6.58 Å². The molecule has 0 aromatic rings. The van der Waals surface area contributed by atoms with E-state index in [4.69, 9.17) is 4.43 Å². The molecule has 0 aromatic heterocycles. The molecular formula is C8H15NO4Si. The lowest BCUT2D eigenvalue weighted by Crippen LogP contribution is -2.32. The Labute approximate surface area is 84.0 Å². The van der Waals surface area contributed by atoms with Gasteiger partial charge in [-0.15, -0.1) is 0 Å². The third kappa shape index (κ3) is 5.47. The number of carbonyl (C=O) groups excluding carboxylic acids is 1. The van der Waals surface area contributed by atoms with Crippen LogP contribution in [0.15, 0.2) is 12.7 Å². The second-order valence-electron chi connectivity index (χ2n) is 3.88. The molecule has 0 amide bonds. The van der Waals surface area contributed by atoms with Crippen molar-refractivity contribution in [3.05, 3.63) is 22.8 Å². The molecule has 0 aromatic carbocycles. The molecule has 5 nitrogen and oxygen atoms in total. The fourth-order valence-electron chi connectivity index (χ4n) is 0.798. The van der Waals surface area contributed by atoms with Crippen LogP contribution in [0.1, 0.15) is 6.42 Å². The van der Waals surface area contributed by atoms with Crippen LogP contribution in [-0.4, -0.2) is 25.3 Å². The lowest BCUT2D eigenvalue weighted by molar-refractivity contribution is -0.508. The van der Waals surface area contributed by atoms with Gasteiger partial charge in [0.15, 0.2) is 0 Å². The quantitative estimate of drug-likeness (QED) is 0.303. The van der Waals surface area contributed by atoms with Gasteiger partial charge < -0.3 is 4.43 Å². The van der Waals surface area contributed by atoms with Gasteiger partial charge in [0.1, 0.15) is 6.42 Å². The van der Waals surface area contributed by atoms with E-state index in [1.807, 2.05) is 19.6 Å². The molecule has 0 heterocycles. The van der Waals surface area contributed by atoms with Crippen LogP contribution in [0.2, 0.25) is 19.6 Å². The number of nitrogens with zero attached hydrogens (tertiary/aromatic N) is 1. The SMILES string of the molecule is C=CC(CC(=O)O[Si](C)(C)C)[N+](=O)[O-]. The topological polar surface area (TPSA) is 69.4 Å². The molecule has 0 aliphatic carbocycles. The Morgan fingerprint density at radius 2 is 2.14 bits per heavy atom. The largest absolute Gasteiger partial charge is 0.520 e. The molecule has 6 heteroatoms. The molecular weight excluding hydrogens is 202 g/mol. The van der Waals surface area contributed by atoms with Crippen LogP contribution < -0.4 is 0 Å². The van der Waals surface area contributed by atoms with E-state index in [9.17, 15) is 14.9 Å². The molecule has 0 radical (unpaired) electrons. The Morgan fingerprint density at radius 3 is 2.43 bits per heavy atom. The van der Waals surface area contributed by atoms with Gasteiger partial charge in [-0.3, -0.25) is 14.9 Å². The standard InChI is InChI=1S/C8H15NO4Si/c1-5-7(9(11)12)6-8(10)13-14(2,3)4/h5,7H,1,6H2,2-4H3. The predicted octanol–water partition coefficient (Wildman–Crippen LogP) is 1.59. The molecule has 0 bridgehead atoms. The first kappa shape index (κ1) is 12.8. The molecule has 1 atom stereocenters. The predicted molar refractivity (Wildman–Crippen MR) is 55.0 cm³/mol. The molecule has 0 aliphatic rings. The number of hydrogen-bond acceptors (Lipinski definition) is 4. The molecule has 0 aliphatic heterocycles. The van der Waals surface area contributed by atoms with Gasteiger partial charge >= 0.3 is 0 Å². The highest BCUT2D eigenvalue weighted by molar-refractivity contribution is 6.71. The fraction of sp³-hybridized carbons (Fsp3) is 0.625. The van der Waals surface area contributed by atoms with Crippen LogP contribution in [0.4, 0.5) is 0 Å². The van der Waals surface area contributed by atoms with Crippen LogP contribution in [0.3, 0.4) is 0 Å². The third-order valence-corrected chi connectivity index (χ3v) is 2.18. The third-order valence-electron chi connectivity index (χ3n) is 1.34. The average Bonchev–Trinajstić information content (AvgIpc) is 1.96. The average molecular weight is 217 g/mol. The maximum atomic E-state index is 11.2. The van der Waals surface area contributed by atoms with Gasteiger partial charge in [0, 0.05) is 4.92 Å².